The van der Waals surface area contributed by atoms with E-state index >= 15 is 0 Å². The number of rotatable bonds is 7. The Hall–Kier alpha value is -1.92. The number of carboxylic acids is 1. The van der Waals surface area contributed by atoms with Crippen molar-refractivity contribution in [2.75, 3.05) is 25.1 Å². The van der Waals surface area contributed by atoms with Crippen LogP contribution >= 0.6 is 0 Å². The predicted octanol–water partition coefficient (Wildman–Crippen LogP) is 1.84. The molecule has 1 aliphatic rings. The smallest absolute Gasteiger partial charge is 0.303 e. The summed E-state index contributed by atoms with van der Waals surface area (Å²) < 4.78 is 10.8. The third-order valence-electron chi connectivity index (χ3n) is 3.46. The molecule has 120 valence electrons. The minimum atomic E-state index is -0.834. The van der Waals surface area contributed by atoms with E-state index in [0.29, 0.717) is 25.3 Å². The van der Waals surface area contributed by atoms with Gasteiger partial charge in [0.15, 0.2) is 0 Å². The lowest BCUT2D eigenvalue weighted by Gasteiger charge is -2.22. The van der Waals surface area contributed by atoms with Gasteiger partial charge in [0.1, 0.15) is 6.61 Å². The van der Waals surface area contributed by atoms with Crippen LogP contribution in [0.2, 0.25) is 0 Å². The van der Waals surface area contributed by atoms with Gasteiger partial charge < -0.3 is 19.9 Å². The maximum Gasteiger partial charge on any atom is 0.303 e. The van der Waals surface area contributed by atoms with E-state index in [1.807, 2.05) is 6.07 Å². The van der Waals surface area contributed by atoms with E-state index in [9.17, 15) is 9.59 Å². The normalized spacial score (nSPS) is 15.5. The number of nitrogens with one attached hydrogen (secondary N) is 1. The molecule has 0 saturated carbocycles. The first kappa shape index (κ1) is 16.5. The van der Waals surface area contributed by atoms with Crippen molar-refractivity contribution >= 4 is 17.6 Å². The van der Waals surface area contributed by atoms with Crippen LogP contribution in [0, 0.1) is 0 Å². The van der Waals surface area contributed by atoms with Crippen molar-refractivity contribution < 1.29 is 24.2 Å². The second kappa shape index (κ2) is 8.51. The van der Waals surface area contributed by atoms with Gasteiger partial charge in [-0.15, -0.1) is 0 Å². The zero-order chi connectivity index (χ0) is 15.8. The van der Waals surface area contributed by atoms with Crippen molar-refractivity contribution in [2.45, 2.75) is 31.8 Å². The van der Waals surface area contributed by atoms with Crippen LogP contribution in [0.5, 0.6) is 0 Å². The summed E-state index contributed by atoms with van der Waals surface area (Å²) in [6.07, 6.45) is 2.24. The molecule has 1 fully saturated rings. The monoisotopic (exact) mass is 307 g/mol. The van der Waals surface area contributed by atoms with Gasteiger partial charge in [0, 0.05) is 25.3 Å². The Bertz CT molecular complexity index is 511. The lowest BCUT2D eigenvalue weighted by atomic mass is 10.1. The van der Waals surface area contributed by atoms with Crippen LogP contribution in [0.15, 0.2) is 24.3 Å². The van der Waals surface area contributed by atoms with Crippen LogP contribution in [0.4, 0.5) is 5.69 Å². The lowest BCUT2D eigenvalue weighted by Crippen LogP contribution is -2.28. The quantitative estimate of drug-likeness (QED) is 0.803. The molecular weight excluding hydrogens is 286 g/mol. The van der Waals surface area contributed by atoms with Gasteiger partial charge in [-0.05, 0) is 37.0 Å². The van der Waals surface area contributed by atoms with Gasteiger partial charge in [-0.25, -0.2) is 0 Å². The Kier molecular flexibility index (Phi) is 6.36. The zero-order valence-electron chi connectivity index (χ0n) is 12.4. The highest BCUT2D eigenvalue weighted by Crippen LogP contribution is 2.13. The van der Waals surface area contributed by atoms with Crippen LogP contribution in [-0.4, -0.2) is 42.9 Å². The number of hydrogen-bond acceptors (Lipinski definition) is 4. The molecule has 6 nitrogen and oxygen atoms in total. The summed E-state index contributed by atoms with van der Waals surface area (Å²) in [7, 11) is 0. The Morgan fingerprint density at radius 1 is 1.32 bits per heavy atom. The molecule has 1 aromatic rings. The summed E-state index contributed by atoms with van der Waals surface area (Å²) in [5, 5.41) is 11.5. The van der Waals surface area contributed by atoms with Crippen molar-refractivity contribution in [3.63, 3.8) is 0 Å². The van der Waals surface area contributed by atoms with E-state index in [1.165, 1.54) is 0 Å². The molecule has 6 heteroatoms. The molecule has 2 rings (SSSR count). The summed E-state index contributed by atoms with van der Waals surface area (Å²) >= 11 is 0. The molecule has 0 unspecified atom stereocenters. The standard InChI is InChI=1S/C16H21NO5/c18-15(11-22-14-6-8-21-9-7-14)17-13-3-1-2-12(10-13)4-5-16(19)20/h1-3,10,14H,4-9,11H2,(H,17,18)(H,19,20). The molecule has 0 aromatic heterocycles. The number of aryl methyl sites for hydroxylation is 1. The van der Waals surface area contributed by atoms with Crippen molar-refractivity contribution in [2.24, 2.45) is 0 Å². The van der Waals surface area contributed by atoms with Crippen LogP contribution in [0.3, 0.4) is 0 Å². The van der Waals surface area contributed by atoms with Crippen molar-refractivity contribution in [3.05, 3.63) is 29.8 Å². The fourth-order valence-corrected chi connectivity index (χ4v) is 2.29. The molecule has 1 aliphatic heterocycles. The van der Waals surface area contributed by atoms with Gasteiger partial charge in [0.05, 0.1) is 6.10 Å². The first-order valence-electron chi connectivity index (χ1n) is 7.43. The molecule has 1 heterocycles. The van der Waals surface area contributed by atoms with Crippen LogP contribution < -0.4 is 5.32 Å². The number of aliphatic carboxylic acids is 1. The van der Waals surface area contributed by atoms with Gasteiger partial charge in [-0.2, -0.15) is 0 Å². The Labute approximate surface area is 129 Å². The molecule has 1 amide bonds. The highest BCUT2D eigenvalue weighted by atomic mass is 16.5. The van der Waals surface area contributed by atoms with Crippen LogP contribution in [0.25, 0.3) is 0 Å². The van der Waals surface area contributed by atoms with E-state index in [4.69, 9.17) is 14.6 Å². The number of anilines is 1. The van der Waals surface area contributed by atoms with Gasteiger partial charge in [0.2, 0.25) is 5.91 Å². The second-order valence-electron chi connectivity index (χ2n) is 5.27. The first-order valence-corrected chi connectivity index (χ1v) is 7.43. The summed E-state index contributed by atoms with van der Waals surface area (Å²) in [5.74, 6) is -1.04. The van der Waals surface area contributed by atoms with Crippen molar-refractivity contribution in [1.29, 1.82) is 0 Å². The maximum absolute atomic E-state index is 11.9. The highest BCUT2D eigenvalue weighted by Gasteiger charge is 2.15. The number of carbonyl (C=O) groups is 2. The molecule has 2 N–H and O–H groups in total. The van der Waals surface area contributed by atoms with Gasteiger partial charge in [-0.1, -0.05) is 12.1 Å². The molecule has 1 aromatic carbocycles. The number of carboxylic acid groups (broad SMARTS) is 1. The van der Waals surface area contributed by atoms with Crippen molar-refractivity contribution in [1.82, 2.24) is 0 Å². The third kappa shape index (κ3) is 5.83. The van der Waals surface area contributed by atoms with Crippen LogP contribution in [0.1, 0.15) is 24.8 Å². The fraction of sp³-hybridized carbons (Fsp3) is 0.500. The summed E-state index contributed by atoms with van der Waals surface area (Å²) in [6, 6.07) is 7.20. The van der Waals surface area contributed by atoms with E-state index in [-0.39, 0.29) is 25.0 Å². The molecule has 0 atom stereocenters. The highest BCUT2D eigenvalue weighted by molar-refractivity contribution is 5.91. The molecule has 0 spiro atoms. The molecule has 0 radical (unpaired) electrons. The number of hydrogen-bond donors (Lipinski definition) is 2. The number of ether oxygens (including phenoxy) is 2. The Balaban J connectivity index is 1.77. The molecule has 22 heavy (non-hydrogen) atoms. The molecule has 0 bridgehead atoms. The fourth-order valence-electron chi connectivity index (χ4n) is 2.29. The SMILES string of the molecule is O=C(O)CCc1cccc(NC(=O)COC2CCOCC2)c1. The predicted molar refractivity (Wildman–Crippen MR) is 80.8 cm³/mol. The van der Waals surface area contributed by atoms with Gasteiger partial charge >= 0.3 is 5.97 Å². The van der Waals surface area contributed by atoms with E-state index in [2.05, 4.69) is 5.32 Å². The van der Waals surface area contributed by atoms with E-state index in [1.54, 1.807) is 18.2 Å². The molecule has 1 saturated heterocycles. The van der Waals surface area contributed by atoms with Crippen molar-refractivity contribution in [3.8, 4) is 0 Å². The topological polar surface area (TPSA) is 84.9 Å². The Morgan fingerprint density at radius 2 is 2.09 bits per heavy atom. The average molecular weight is 307 g/mol. The van der Waals surface area contributed by atoms with E-state index < -0.39 is 5.97 Å². The Morgan fingerprint density at radius 3 is 2.82 bits per heavy atom. The average Bonchev–Trinajstić information content (AvgIpc) is 2.52. The summed E-state index contributed by atoms with van der Waals surface area (Å²) in [6.45, 7) is 1.37. The lowest BCUT2D eigenvalue weighted by molar-refractivity contribution is -0.137. The number of benzene rings is 1. The number of amides is 1. The maximum atomic E-state index is 11.9. The third-order valence-corrected chi connectivity index (χ3v) is 3.46. The summed E-state index contributed by atoms with van der Waals surface area (Å²) in [4.78, 5) is 22.4. The van der Waals surface area contributed by atoms with Crippen LogP contribution in [-0.2, 0) is 25.5 Å². The largest absolute Gasteiger partial charge is 0.481 e. The molecule has 0 aliphatic carbocycles. The van der Waals surface area contributed by atoms with Gasteiger partial charge in [0.25, 0.3) is 0 Å². The number of carbonyl (C=O) groups excluding carboxylic acids is 1. The van der Waals surface area contributed by atoms with Gasteiger partial charge in [-0.3, -0.25) is 9.59 Å². The minimum Gasteiger partial charge on any atom is -0.481 e. The minimum absolute atomic E-state index is 0.0179. The summed E-state index contributed by atoms with van der Waals surface area (Å²) in [5.41, 5.74) is 1.54. The zero-order valence-corrected chi connectivity index (χ0v) is 12.4. The first-order chi connectivity index (χ1) is 10.6. The second-order valence-corrected chi connectivity index (χ2v) is 5.27. The molecular formula is C16H21NO5. The van der Waals surface area contributed by atoms with E-state index in [0.717, 1.165) is 18.4 Å².